The molecule has 6 nitrogen and oxygen atoms in total. The van der Waals surface area contributed by atoms with Crippen molar-refractivity contribution in [3.8, 4) is 0 Å². The van der Waals surface area contributed by atoms with Gasteiger partial charge in [0, 0.05) is 10.6 Å². The third-order valence-electron chi connectivity index (χ3n) is 2.73. The molecule has 0 radical (unpaired) electrons. The Hall–Kier alpha value is -2.50. The highest BCUT2D eigenvalue weighted by molar-refractivity contribution is 6.14. The van der Waals surface area contributed by atoms with Gasteiger partial charge in [0.1, 0.15) is 0 Å². The van der Waals surface area contributed by atoms with E-state index in [0.29, 0.717) is 0 Å². The second-order valence-electron chi connectivity index (χ2n) is 3.95. The van der Waals surface area contributed by atoms with E-state index in [1.165, 1.54) is 6.08 Å². The molecule has 0 aliphatic carbocycles. The van der Waals surface area contributed by atoms with E-state index in [1.807, 2.05) is 19.1 Å². The fourth-order valence-electron chi connectivity index (χ4n) is 1.78. The van der Waals surface area contributed by atoms with Gasteiger partial charge in [-0.2, -0.15) is 0 Å². The SMILES string of the molecule is Cc1ccccc1C=C1CC(=O)N([N+](=O)[O-])C1=O. The summed E-state index contributed by atoms with van der Waals surface area (Å²) in [7, 11) is 0. The van der Waals surface area contributed by atoms with E-state index < -0.39 is 16.8 Å². The predicted octanol–water partition coefficient (Wildman–Crippen LogP) is 1.33. The number of hydrogen-bond acceptors (Lipinski definition) is 4. The van der Waals surface area contributed by atoms with Crippen LogP contribution in [0.3, 0.4) is 0 Å². The molecule has 0 bridgehead atoms. The minimum Gasteiger partial charge on any atom is -0.268 e. The van der Waals surface area contributed by atoms with Crippen LogP contribution in [0.2, 0.25) is 0 Å². The van der Waals surface area contributed by atoms with Crippen LogP contribution in [0.15, 0.2) is 29.8 Å². The first-order chi connectivity index (χ1) is 8.50. The number of amides is 2. The van der Waals surface area contributed by atoms with Crippen LogP contribution < -0.4 is 0 Å². The number of carbonyl (C=O) groups is 2. The second-order valence-corrected chi connectivity index (χ2v) is 3.95. The summed E-state index contributed by atoms with van der Waals surface area (Å²) in [4.78, 5) is 33.6. The standard InChI is InChI=1S/C12H10N2O4/c1-8-4-2-3-5-9(8)6-10-7-11(15)13(12(10)16)14(17)18/h2-6H,7H2,1H3. The molecule has 0 N–H and O–H groups in total. The van der Waals surface area contributed by atoms with Crippen LogP contribution in [-0.2, 0) is 9.59 Å². The molecule has 1 aromatic rings. The first kappa shape index (κ1) is 12.0. The van der Waals surface area contributed by atoms with Crippen LogP contribution >= 0.6 is 0 Å². The Morgan fingerprint density at radius 1 is 1.33 bits per heavy atom. The number of nitro groups is 1. The Kier molecular flexibility index (Phi) is 2.93. The molecule has 2 rings (SSSR count). The Morgan fingerprint density at radius 2 is 2.00 bits per heavy atom. The van der Waals surface area contributed by atoms with E-state index in [9.17, 15) is 19.7 Å². The lowest BCUT2D eigenvalue weighted by Gasteiger charge is -2.01. The highest BCUT2D eigenvalue weighted by atomic mass is 16.7. The van der Waals surface area contributed by atoms with Gasteiger partial charge < -0.3 is 0 Å². The summed E-state index contributed by atoms with van der Waals surface area (Å²) < 4.78 is 0. The van der Waals surface area contributed by atoms with Crippen LogP contribution in [0.4, 0.5) is 0 Å². The fourth-order valence-corrected chi connectivity index (χ4v) is 1.78. The quantitative estimate of drug-likeness (QED) is 0.341. The lowest BCUT2D eigenvalue weighted by atomic mass is 10.1. The number of hydrazine groups is 1. The van der Waals surface area contributed by atoms with Crippen molar-refractivity contribution in [3.63, 3.8) is 0 Å². The zero-order valence-electron chi connectivity index (χ0n) is 9.62. The topological polar surface area (TPSA) is 80.5 Å². The third-order valence-corrected chi connectivity index (χ3v) is 2.73. The summed E-state index contributed by atoms with van der Waals surface area (Å²) >= 11 is 0. The van der Waals surface area contributed by atoms with Gasteiger partial charge in [-0.25, -0.2) is 10.1 Å². The number of hydrogen-bond donors (Lipinski definition) is 0. The molecule has 0 unspecified atom stereocenters. The Labute approximate surface area is 103 Å². The number of rotatable bonds is 2. The third kappa shape index (κ3) is 2.00. The van der Waals surface area contributed by atoms with E-state index in [2.05, 4.69) is 0 Å². The summed E-state index contributed by atoms with van der Waals surface area (Å²) in [5, 5.41) is 9.63. The molecule has 18 heavy (non-hydrogen) atoms. The first-order valence-electron chi connectivity index (χ1n) is 5.28. The Morgan fingerprint density at radius 3 is 2.56 bits per heavy atom. The molecule has 1 heterocycles. The second kappa shape index (κ2) is 4.40. The zero-order valence-corrected chi connectivity index (χ0v) is 9.62. The van der Waals surface area contributed by atoms with Gasteiger partial charge in [0.05, 0.1) is 6.42 Å². The summed E-state index contributed by atoms with van der Waals surface area (Å²) in [6, 6.07) is 7.29. The van der Waals surface area contributed by atoms with Crippen LogP contribution in [0, 0.1) is 17.0 Å². The average Bonchev–Trinajstić information content (AvgIpc) is 2.57. The number of aryl methyl sites for hydroxylation is 1. The maximum Gasteiger partial charge on any atom is 0.320 e. The van der Waals surface area contributed by atoms with Gasteiger partial charge in [0.2, 0.25) is 0 Å². The molecule has 0 saturated carbocycles. The number of nitrogens with zero attached hydrogens (tertiary/aromatic N) is 2. The molecule has 92 valence electrons. The molecule has 1 aromatic carbocycles. The normalized spacial score (nSPS) is 17.6. The van der Waals surface area contributed by atoms with Crippen molar-refractivity contribution >= 4 is 17.9 Å². The molecule has 1 fully saturated rings. The number of carbonyl (C=O) groups excluding carboxylic acids is 2. The van der Waals surface area contributed by atoms with Crippen molar-refractivity contribution in [2.45, 2.75) is 13.3 Å². The van der Waals surface area contributed by atoms with E-state index in [0.717, 1.165) is 11.1 Å². The smallest absolute Gasteiger partial charge is 0.268 e. The number of benzene rings is 1. The molecule has 6 heteroatoms. The largest absolute Gasteiger partial charge is 0.320 e. The molecule has 1 aliphatic heterocycles. The minimum absolute atomic E-state index is 0.0596. The van der Waals surface area contributed by atoms with Crippen LogP contribution in [0.25, 0.3) is 6.08 Å². The maximum absolute atomic E-state index is 11.7. The molecule has 0 aromatic heterocycles. The summed E-state index contributed by atoms with van der Waals surface area (Å²) in [5.74, 6) is -1.65. The van der Waals surface area contributed by atoms with E-state index in [4.69, 9.17) is 0 Å². The summed E-state index contributed by atoms with van der Waals surface area (Å²) in [6.45, 7) is 1.86. The molecule has 0 atom stereocenters. The van der Waals surface area contributed by atoms with Gasteiger partial charge in [0.25, 0.3) is 5.91 Å². The van der Waals surface area contributed by atoms with Crippen molar-refractivity contribution in [2.75, 3.05) is 0 Å². The van der Waals surface area contributed by atoms with Crippen molar-refractivity contribution in [3.05, 3.63) is 51.1 Å². The Bertz CT molecular complexity index is 577. The highest BCUT2D eigenvalue weighted by Crippen LogP contribution is 2.22. The van der Waals surface area contributed by atoms with Gasteiger partial charge in [-0.05, 0) is 24.1 Å². The summed E-state index contributed by atoms with van der Waals surface area (Å²) in [5.41, 5.74) is 1.86. The van der Waals surface area contributed by atoms with Crippen molar-refractivity contribution < 1.29 is 14.6 Å². The average molecular weight is 246 g/mol. The van der Waals surface area contributed by atoms with E-state index in [-0.39, 0.29) is 17.0 Å². The van der Waals surface area contributed by atoms with Crippen LogP contribution in [-0.4, -0.2) is 21.9 Å². The molecule has 1 aliphatic rings. The molecule has 0 spiro atoms. The van der Waals surface area contributed by atoms with Gasteiger partial charge in [-0.3, -0.25) is 9.59 Å². The van der Waals surface area contributed by atoms with E-state index >= 15 is 0 Å². The first-order valence-corrected chi connectivity index (χ1v) is 5.28. The van der Waals surface area contributed by atoms with E-state index in [1.54, 1.807) is 12.1 Å². The number of imide groups is 1. The minimum atomic E-state index is -0.983. The molecule has 1 saturated heterocycles. The van der Waals surface area contributed by atoms with Gasteiger partial charge in [0.15, 0.2) is 5.03 Å². The predicted molar refractivity (Wildman–Crippen MR) is 62.6 cm³/mol. The lowest BCUT2D eigenvalue weighted by Crippen LogP contribution is -2.34. The highest BCUT2D eigenvalue weighted by Gasteiger charge is 2.42. The lowest BCUT2D eigenvalue weighted by molar-refractivity contribution is -0.612. The van der Waals surface area contributed by atoms with Crippen molar-refractivity contribution in [1.29, 1.82) is 0 Å². The van der Waals surface area contributed by atoms with Gasteiger partial charge >= 0.3 is 5.91 Å². The zero-order chi connectivity index (χ0) is 13.3. The molecular formula is C12H10N2O4. The Balaban J connectivity index is 2.37. The molecule has 2 amide bonds. The van der Waals surface area contributed by atoms with Crippen LogP contribution in [0.5, 0.6) is 0 Å². The summed E-state index contributed by atoms with van der Waals surface area (Å²) in [6.07, 6.45) is 1.30. The molecular weight excluding hydrogens is 236 g/mol. The van der Waals surface area contributed by atoms with Gasteiger partial charge in [-0.1, -0.05) is 24.3 Å². The van der Waals surface area contributed by atoms with Gasteiger partial charge in [-0.15, -0.1) is 0 Å². The van der Waals surface area contributed by atoms with Crippen molar-refractivity contribution in [1.82, 2.24) is 5.01 Å². The van der Waals surface area contributed by atoms with Crippen LogP contribution in [0.1, 0.15) is 17.5 Å². The van der Waals surface area contributed by atoms with Crippen molar-refractivity contribution in [2.24, 2.45) is 0 Å². The fraction of sp³-hybridized carbons (Fsp3) is 0.167. The maximum atomic E-state index is 11.7. The monoisotopic (exact) mass is 246 g/mol.